The Balaban J connectivity index is 0.000000160. The summed E-state index contributed by atoms with van der Waals surface area (Å²) in [6, 6.07) is 24.3. The summed E-state index contributed by atoms with van der Waals surface area (Å²) >= 11 is 0. The summed E-state index contributed by atoms with van der Waals surface area (Å²) in [5.41, 5.74) is 10.6. The maximum Gasteiger partial charge on any atom is 0.337 e. The molecule has 392 valence electrons. The van der Waals surface area contributed by atoms with Crippen LogP contribution in [0.4, 0.5) is 0 Å². The van der Waals surface area contributed by atoms with E-state index in [0.29, 0.717) is 61.6 Å². The van der Waals surface area contributed by atoms with Gasteiger partial charge in [-0.2, -0.15) is 4.31 Å². The predicted molar refractivity (Wildman–Crippen MR) is 287 cm³/mol. The van der Waals surface area contributed by atoms with Gasteiger partial charge in [-0.3, -0.25) is 0 Å². The molecule has 6 heterocycles. The maximum absolute atomic E-state index is 12.4. The van der Waals surface area contributed by atoms with Crippen LogP contribution in [-0.2, 0) is 32.6 Å². The van der Waals surface area contributed by atoms with Gasteiger partial charge < -0.3 is 42.9 Å². The van der Waals surface area contributed by atoms with Crippen molar-refractivity contribution in [1.29, 1.82) is 0 Å². The molecule has 0 spiro atoms. The molecule has 4 fully saturated rings. The van der Waals surface area contributed by atoms with Crippen molar-refractivity contribution in [2.24, 2.45) is 0 Å². The Kier molecular flexibility index (Phi) is 14.7. The number of piperidine rings is 2. The molecule has 2 saturated heterocycles. The van der Waals surface area contributed by atoms with E-state index in [0.717, 1.165) is 97.6 Å². The van der Waals surface area contributed by atoms with Crippen LogP contribution in [0.1, 0.15) is 134 Å². The monoisotopic (exact) mass is 1030 g/mol. The van der Waals surface area contributed by atoms with Gasteiger partial charge in [-0.25, -0.2) is 18.0 Å². The highest BCUT2D eigenvalue weighted by Crippen LogP contribution is 2.50. The van der Waals surface area contributed by atoms with Crippen molar-refractivity contribution in [3.63, 3.8) is 0 Å². The van der Waals surface area contributed by atoms with Crippen molar-refractivity contribution in [1.82, 2.24) is 18.8 Å². The Labute approximate surface area is 434 Å². The first kappa shape index (κ1) is 50.1. The van der Waals surface area contributed by atoms with Gasteiger partial charge in [0.25, 0.3) is 0 Å². The van der Waals surface area contributed by atoms with E-state index in [1.165, 1.54) is 109 Å². The van der Waals surface area contributed by atoms with E-state index >= 15 is 0 Å². The summed E-state index contributed by atoms with van der Waals surface area (Å²) in [6.07, 6.45) is 17.3. The standard InChI is InChI=1S/C30H36N2O6S.C29H34N2O4/c1-36-30(33)21-10-12-24-26(17-21)32-15-16-37-27-18-22(38-23-9-6-14-31(19-23)39(2,34)35)11-13-25(27)29(32)28(24)20-7-4-3-5-8-20;1-33-29(32)20-9-11-23-25(16-20)31-14-15-34-26-17-21(35-22-8-5-13-30-18-22)10-12-24(26)28(31)27(23)19-6-3-2-4-7-19/h10-13,17-18,20,23H,3-9,14-16,19H2,1-2H3;9-12,16-17,19,22,30H,2-8,13-15,18H2,1H3. The van der Waals surface area contributed by atoms with Gasteiger partial charge in [0.1, 0.15) is 48.4 Å². The van der Waals surface area contributed by atoms with Crippen LogP contribution in [0.2, 0.25) is 0 Å². The highest BCUT2D eigenvalue weighted by Gasteiger charge is 2.33. The van der Waals surface area contributed by atoms with Gasteiger partial charge in [0.2, 0.25) is 10.0 Å². The molecule has 0 bridgehead atoms. The number of hydrogen-bond acceptors (Lipinski definition) is 11. The maximum atomic E-state index is 12.4. The largest absolute Gasteiger partial charge is 0.491 e. The van der Waals surface area contributed by atoms with Crippen LogP contribution < -0.4 is 24.3 Å². The average Bonchev–Trinajstić information content (AvgIpc) is 3.76. The fraction of sp³-hybridized carbons (Fsp3) is 0.492. The minimum absolute atomic E-state index is 0.196. The molecule has 6 aromatic rings. The zero-order chi connectivity index (χ0) is 50.9. The van der Waals surface area contributed by atoms with Crippen LogP contribution in [0.5, 0.6) is 23.0 Å². The molecular formula is C59H70N4O10S. The smallest absolute Gasteiger partial charge is 0.337 e. The lowest BCUT2D eigenvalue weighted by Crippen LogP contribution is -2.43. The van der Waals surface area contributed by atoms with Gasteiger partial charge in [0, 0.05) is 58.2 Å². The molecule has 1 N–H and O–H groups in total. The van der Waals surface area contributed by atoms with E-state index in [2.05, 4.69) is 50.8 Å². The predicted octanol–water partition coefficient (Wildman–Crippen LogP) is 11.0. The number of ether oxygens (including phenoxy) is 6. The summed E-state index contributed by atoms with van der Waals surface area (Å²) < 4.78 is 65.5. The molecule has 74 heavy (non-hydrogen) atoms. The minimum atomic E-state index is -3.25. The van der Waals surface area contributed by atoms with Crippen molar-refractivity contribution < 1.29 is 46.4 Å². The SMILES string of the molecule is COC(=O)c1ccc2c(C3CCCCC3)c3n(c2c1)CCOc1cc(OC2CCCN(S(C)(=O)=O)C2)ccc1-3.COC(=O)c1ccc2c(C3CCCCC3)c3n(c2c1)CCOc1cc(OC2CCCNC2)ccc1-3. The number of aromatic nitrogens is 2. The zero-order valence-electron chi connectivity index (χ0n) is 43.1. The molecule has 4 aliphatic heterocycles. The number of esters is 2. The molecule has 6 aliphatic rings. The number of methoxy groups -OCH3 is 2. The third-order valence-electron chi connectivity index (χ3n) is 16.3. The Bertz CT molecular complexity index is 3160. The van der Waals surface area contributed by atoms with Gasteiger partial charge in [-0.1, -0.05) is 50.7 Å². The molecule has 12 rings (SSSR count). The van der Waals surface area contributed by atoms with Gasteiger partial charge >= 0.3 is 11.9 Å². The van der Waals surface area contributed by atoms with E-state index in [1.54, 1.807) is 0 Å². The summed E-state index contributed by atoms with van der Waals surface area (Å²) in [6.45, 7) is 5.33. The van der Waals surface area contributed by atoms with Gasteiger partial charge in [-0.15, -0.1) is 0 Å². The van der Waals surface area contributed by atoms with Crippen LogP contribution >= 0.6 is 0 Å². The summed E-state index contributed by atoms with van der Waals surface area (Å²) in [4.78, 5) is 24.7. The van der Waals surface area contributed by atoms with Crippen LogP contribution in [-0.4, -0.2) is 106 Å². The van der Waals surface area contributed by atoms with Crippen molar-refractivity contribution in [2.45, 2.75) is 127 Å². The first-order valence-electron chi connectivity index (χ1n) is 27.1. The van der Waals surface area contributed by atoms with Crippen LogP contribution in [0.25, 0.3) is 44.3 Å². The molecular weight excluding hydrogens is 957 g/mol. The molecule has 0 amide bonds. The summed E-state index contributed by atoms with van der Waals surface area (Å²) in [5, 5.41) is 5.87. The molecule has 2 unspecified atom stereocenters. The number of hydrogen-bond donors (Lipinski definition) is 1. The molecule has 2 aliphatic carbocycles. The van der Waals surface area contributed by atoms with Crippen LogP contribution in [0, 0.1) is 0 Å². The number of carbonyl (C=O) groups is 2. The third-order valence-corrected chi connectivity index (χ3v) is 17.6. The molecule has 0 radical (unpaired) electrons. The number of rotatable bonds is 9. The van der Waals surface area contributed by atoms with Crippen molar-refractivity contribution in [3.8, 4) is 45.5 Å². The molecule has 2 aromatic heterocycles. The molecule has 2 atom stereocenters. The first-order chi connectivity index (χ1) is 36.1. The average molecular weight is 1030 g/mol. The van der Waals surface area contributed by atoms with E-state index < -0.39 is 10.0 Å². The highest BCUT2D eigenvalue weighted by atomic mass is 32.2. The third kappa shape index (κ3) is 10.1. The van der Waals surface area contributed by atoms with Crippen LogP contribution in [0.3, 0.4) is 0 Å². The lowest BCUT2D eigenvalue weighted by Gasteiger charge is -2.31. The van der Waals surface area contributed by atoms with Crippen molar-refractivity contribution >= 4 is 43.8 Å². The normalized spacial score (nSPS) is 20.5. The lowest BCUT2D eigenvalue weighted by atomic mass is 9.81. The fourth-order valence-electron chi connectivity index (χ4n) is 12.8. The van der Waals surface area contributed by atoms with E-state index in [9.17, 15) is 18.0 Å². The van der Waals surface area contributed by atoms with Gasteiger partial charge in [-0.05, 0) is 129 Å². The highest BCUT2D eigenvalue weighted by molar-refractivity contribution is 7.88. The summed E-state index contributed by atoms with van der Waals surface area (Å²) in [5.74, 6) is 3.55. The second kappa shape index (κ2) is 21.7. The second-order valence-electron chi connectivity index (χ2n) is 21.0. The Morgan fingerprint density at radius 3 is 1.55 bits per heavy atom. The minimum Gasteiger partial charge on any atom is -0.491 e. The number of nitrogens with zero attached hydrogens (tertiary/aromatic N) is 3. The molecule has 2 saturated carbocycles. The number of nitrogens with one attached hydrogen (secondary N) is 1. The molecule has 4 aromatic carbocycles. The first-order valence-corrected chi connectivity index (χ1v) is 28.9. The Morgan fingerprint density at radius 2 is 1.08 bits per heavy atom. The van der Waals surface area contributed by atoms with Gasteiger partial charge in [0.05, 0.1) is 62.6 Å². The number of fused-ring (bicyclic) bond motifs is 10. The van der Waals surface area contributed by atoms with Crippen molar-refractivity contribution in [3.05, 3.63) is 95.1 Å². The zero-order valence-corrected chi connectivity index (χ0v) is 43.9. The number of carbonyl (C=O) groups excluding carboxylic acids is 2. The Morgan fingerprint density at radius 1 is 0.581 bits per heavy atom. The van der Waals surface area contributed by atoms with Gasteiger partial charge in [0.15, 0.2) is 0 Å². The topological polar surface area (TPSA) is 149 Å². The van der Waals surface area contributed by atoms with E-state index in [4.69, 9.17) is 28.4 Å². The molecule has 14 nitrogen and oxygen atoms in total. The molecule has 15 heteroatoms. The Hall–Kier alpha value is -6.03. The quantitative estimate of drug-likeness (QED) is 0.138. The van der Waals surface area contributed by atoms with Crippen molar-refractivity contribution in [2.75, 3.05) is 59.9 Å². The number of sulfonamides is 1. The fourth-order valence-corrected chi connectivity index (χ4v) is 13.7. The van der Waals surface area contributed by atoms with Crippen LogP contribution in [0.15, 0.2) is 72.8 Å². The summed E-state index contributed by atoms with van der Waals surface area (Å²) in [7, 11) is -0.398. The van der Waals surface area contributed by atoms with E-state index in [-0.39, 0.29) is 24.1 Å². The lowest BCUT2D eigenvalue weighted by molar-refractivity contribution is 0.0592. The second-order valence-corrected chi connectivity index (χ2v) is 23.0. The number of benzene rings is 4. The van der Waals surface area contributed by atoms with E-state index in [1.807, 2.05) is 36.4 Å².